The minimum absolute atomic E-state index is 0.298. The van der Waals surface area contributed by atoms with E-state index < -0.39 is 10.0 Å². The van der Waals surface area contributed by atoms with Gasteiger partial charge in [0.05, 0.1) is 11.9 Å². The summed E-state index contributed by atoms with van der Waals surface area (Å²) in [5, 5.41) is 3.29. The number of hydrogen-bond acceptors (Lipinski definition) is 4. The zero-order valence-corrected chi connectivity index (χ0v) is 19.0. The molecule has 2 aromatic rings. The average molecular weight is 450 g/mol. The monoisotopic (exact) mass is 449 g/mol. The van der Waals surface area contributed by atoms with Crippen molar-refractivity contribution in [2.75, 3.05) is 30.2 Å². The molecular formula is C22H28ClN3O3S. The summed E-state index contributed by atoms with van der Waals surface area (Å²) in [5.41, 5.74) is 3.24. The summed E-state index contributed by atoms with van der Waals surface area (Å²) in [6, 6.07) is 13.2. The molecular weight excluding hydrogens is 422 g/mol. The van der Waals surface area contributed by atoms with Crippen molar-refractivity contribution in [1.82, 2.24) is 10.2 Å². The number of nitrogens with one attached hydrogen (secondary N) is 1. The molecule has 2 aromatic carbocycles. The van der Waals surface area contributed by atoms with Gasteiger partial charge >= 0.3 is 0 Å². The number of nitrogens with zero attached hydrogens (tertiary/aromatic N) is 2. The molecule has 30 heavy (non-hydrogen) atoms. The summed E-state index contributed by atoms with van der Waals surface area (Å²) in [6.45, 7) is 4.96. The molecule has 1 heterocycles. The molecule has 0 unspecified atom stereocenters. The minimum Gasteiger partial charge on any atom is -0.350 e. The van der Waals surface area contributed by atoms with Gasteiger partial charge in [0.15, 0.2) is 0 Å². The Morgan fingerprint density at radius 2 is 1.80 bits per heavy atom. The fourth-order valence-corrected chi connectivity index (χ4v) is 4.75. The van der Waals surface area contributed by atoms with E-state index in [-0.39, 0.29) is 12.5 Å². The first-order valence-corrected chi connectivity index (χ1v) is 12.3. The number of benzene rings is 2. The lowest BCUT2D eigenvalue weighted by Gasteiger charge is -2.24. The van der Waals surface area contributed by atoms with E-state index in [0.29, 0.717) is 22.8 Å². The molecule has 3 rings (SSSR count). The first kappa shape index (κ1) is 22.6. The fourth-order valence-electron chi connectivity index (χ4n) is 3.67. The molecule has 0 aliphatic carbocycles. The van der Waals surface area contributed by atoms with Crippen molar-refractivity contribution in [2.24, 2.45) is 0 Å². The van der Waals surface area contributed by atoms with Gasteiger partial charge < -0.3 is 5.32 Å². The molecule has 1 aliphatic heterocycles. The topological polar surface area (TPSA) is 69.7 Å². The van der Waals surface area contributed by atoms with Gasteiger partial charge in [-0.3, -0.25) is 14.0 Å². The van der Waals surface area contributed by atoms with E-state index >= 15 is 0 Å². The smallest absolute Gasteiger partial charge is 0.241 e. The lowest BCUT2D eigenvalue weighted by molar-refractivity contribution is -0.119. The highest BCUT2D eigenvalue weighted by molar-refractivity contribution is 7.92. The van der Waals surface area contributed by atoms with Crippen molar-refractivity contribution in [3.8, 4) is 0 Å². The predicted octanol–water partition coefficient (Wildman–Crippen LogP) is 3.33. The maximum atomic E-state index is 12.5. The lowest BCUT2D eigenvalue weighted by atomic mass is 10.1. The summed E-state index contributed by atoms with van der Waals surface area (Å²) >= 11 is 6.14. The highest BCUT2D eigenvalue weighted by atomic mass is 35.5. The molecule has 0 spiro atoms. The van der Waals surface area contributed by atoms with Crippen LogP contribution in [0.25, 0.3) is 0 Å². The standard InChI is InChI=1S/C22H28ClN3O3S/c1-17-20(23)9-6-10-21(17)26(30(2,28)29)16-22(27)24-14-18-7-5-8-19(13-18)15-25-11-3-4-12-25/h5-10,13H,3-4,11-12,14-16H2,1-2H3,(H,24,27). The molecule has 6 nitrogen and oxygen atoms in total. The highest BCUT2D eigenvalue weighted by Crippen LogP contribution is 2.28. The maximum Gasteiger partial charge on any atom is 0.241 e. The molecule has 1 saturated heterocycles. The number of halogens is 1. The van der Waals surface area contributed by atoms with Crippen molar-refractivity contribution in [1.29, 1.82) is 0 Å². The number of sulfonamides is 1. The van der Waals surface area contributed by atoms with Crippen LogP contribution in [0.1, 0.15) is 29.5 Å². The molecule has 1 N–H and O–H groups in total. The number of anilines is 1. The van der Waals surface area contributed by atoms with Gasteiger partial charge in [0, 0.05) is 18.1 Å². The molecule has 0 bridgehead atoms. The SMILES string of the molecule is Cc1c(Cl)cccc1N(CC(=O)NCc1cccc(CN2CCCC2)c1)S(C)(=O)=O. The Morgan fingerprint density at radius 3 is 2.50 bits per heavy atom. The van der Waals surface area contributed by atoms with Crippen LogP contribution in [0.2, 0.25) is 5.02 Å². The zero-order chi connectivity index (χ0) is 21.7. The van der Waals surface area contributed by atoms with Crippen LogP contribution in [-0.4, -0.2) is 45.1 Å². The van der Waals surface area contributed by atoms with Gasteiger partial charge in [0.2, 0.25) is 15.9 Å². The normalized spacial score (nSPS) is 14.6. The van der Waals surface area contributed by atoms with Crippen LogP contribution in [-0.2, 0) is 27.9 Å². The van der Waals surface area contributed by atoms with Gasteiger partial charge in [-0.2, -0.15) is 0 Å². The van der Waals surface area contributed by atoms with E-state index in [4.69, 9.17) is 11.6 Å². The van der Waals surface area contributed by atoms with E-state index in [1.54, 1.807) is 25.1 Å². The molecule has 0 radical (unpaired) electrons. The number of hydrogen-bond donors (Lipinski definition) is 1. The predicted molar refractivity (Wildman–Crippen MR) is 121 cm³/mol. The first-order chi connectivity index (χ1) is 14.2. The van der Waals surface area contributed by atoms with Gasteiger partial charge in [0.25, 0.3) is 0 Å². The van der Waals surface area contributed by atoms with Crippen molar-refractivity contribution < 1.29 is 13.2 Å². The maximum absolute atomic E-state index is 12.5. The molecule has 8 heteroatoms. The molecule has 1 aliphatic rings. The van der Waals surface area contributed by atoms with Crippen LogP contribution in [0.15, 0.2) is 42.5 Å². The number of amides is 1. The van der Waals surface area contributed by atoms with Crippen LogP contribution >= 0.6 is 11.6 Å². The summed E-state index contributed by atoms with van der Waals surface area (Å²) in [7, 11) is -3.65. The number of rotatable bonds is 8. The summed E-state index contributed by atoms with van der Waals surface area (Å²) in [6.07, 6.45) is 3.58. The van der Waals surface area contributed by atoms with E-state index in [2.05, 4.69) is 22.3 Å². The Bertz CT molecular complexity index is 1000. The summed E-state index contributed by atoms with van der Waals surface area (Å²) in [4.78, 5) is 15.0. The molecule has 0 saturated carbocycles. The van der Waals surface area contributed by atoms with E-state index in [1.807, 2.05) is 12.1 Å². The van der Waals surface area contributed by atoms with Gasteiger partial charge in [0.1, 0.15) is 6.54 Å². The number of likely N-dealkylation sites (tertiary alicyclic amines) is 1. The van der Waals surface area contributed by atoms with Crippen molar-refractivity contribution in [2.45, 2.75) is 32.9 Å². The Morgan fingerprint density at radius 1 is 1.13 bits per heavy atom. The third-order valence-electron chi connectivity index (χ3n) is 5.28. The molecule has 0 aromatic heterocycles. The van der Waals surface area contributed by atoms with Crippen molar-refractivity contribution in [3.05, 3.63) is 64.2 Å². The summed E-state index contributed by atoms with van der Waals surface area (Å²) < 4.78 is 25.7. The molecule has 1 amide bonds. The second kappa shape index (κ2) is 9.81. The van der Waals surface area contributed by atoms with Crippen molar-refractivity contribution >= 4 is 33.2 Å². The van der Waals surface area contributed by atoms with E-state index in [0.717, 1.165) is 35.8 Å². The third-order valence-corrected chi connectivity index (χ3v) is 6.82. The van der Waals surface area contributed by atoms with Gasteiger partial charge in [-0.05, 0) is 61.7 Å². The average Bonchev–Trinajstić information content (AvgIpc) is 3.19. The fraction of sp³-hybridized carbons (Fsp3) is 0.409. The second-order valence-electron chi connectivity index (χ2n) is 7.73. The van der Waals surface area contributed by atoms with E-state index in [9.17, 15) is 13.2 Å². The first-order valence-electron chi connectivity index (χ1n) is 10.0. The second-order valence-corrected chi connectivity index (χ2v) is 10.0. The van der Waals surface area contributed by atoms with Gasteiger partial charge in [-0.1, -0.05) is 41.9 Å². The number of carbonyl (C=O) groups is 1. The Labute approximate surface area is 183 Å². The van der Waals surface area contributed by atoms with Gasteiger partial charge in [-0.25, -0.2) is 8.42 Å². The van der Waals surface area contributed by atoms with Crippen LogP contribution in [0, 0.1) is 6.92 Å². The van der Waals surface area contributed by atoms with Crippen LogP contribution in [0.3, 0.4) is 0 Å². The van der Waals surface area contributed by atoms with Crippen LogP contribution < -0.4 is 9.62 Å². The van der Waals surface area contributed by atoms with Crippen LogP contribution in [0.5, 0.6) is 0 Å². The minimum atomic E-state index is -3.65. The Kier molecular flexibility index (Phi) is 7.39. The number of carbonyl (C=O) groups excluding carboxylic acids is 1. The van der Waals surface area contributed by atoms with Gasteiger partial charge in [-0.15, -0.1) is 0 Å². The third kappa shape index (κ3) is 5.97. The molecule has 1 fully saturated rings. The van der Waals surface area contributed by atoms with Crippen molar-refractivity contribution in [3.63, 3.8) is 0 Å². The quantitative estimate of drug-likeness (QED) is 0.671. The van der Waals surface area contributed by atoms with Crippen LogP contribution in [0.4, 0.5) is 5.69 Å². The molecule has 162 valence electrons. The Balaban J connectivity index is 1.64. The largest absolute Gasteiger partial charge is 0.350 e. The van der Waals surface area contributed by atoms with E-state index in [1.165, 1.54) is 18.4 Å². The zero-order valence-electron chi connectivity index (χ0n) is 17.4. The Hall–Kier alpha value is -2.09. The molecule has 0 atom stereocenters. The summed E-state index contributed by atoms with van der Waals surface area (Å²) in [5.74, 6) is -0.371. The lowest BCUT2D eigenvalue weighted by Crippen LogP contribution is -2.40. The highest BCUT2D eigenvalue weighted by Gasteiger charge is 2.23.